The Hall–Kier alpha value is -3.48. The fourth-order valence-electron chi connectivity index (χ4n) is 3.61. The lowest BCUT2D eigenvalue weighted by Gasteiger charge is -2.11. The molecule has 0 aliphatic carbocycles. The number of carbonyl (C=O) groups excluding carboxylic acids is 1. The van der Waals surface area contributed by atoms with Crippen LogP contribution in [0.1, 0.15) is 38.0 Å². The molecule has 9 heteroatoms. The van der Waals surface area contributed by atoms with Crippen molar-refractivity contribution in [2.75, 3.05) is 6.61 Å². The molecule has 1 amide bonds. The number of aryl methyl sites for hydroxylation is 1. The zero-order valence-electron chi connectivity index (χ0n) is 18.8. The minimum Gasteiger partial charge on any atom is -0.386 e. The molecule has 2 heterocycles. The Balaban J connectivity index is 1.43. The van der Waals surface area contributed by atoms with E-state index < -0.39 is 12.0 Å². The highest BCUT2D eigenvalue weighted by molar-refractivity contribution is 7.18. The standard InChI is InChI=1S/C26H22ClN3O4S/c1-30-13-22(25(33)29-12-16-5-7-19(27)8-6-16)24(32)21-10-20(35-26(21)30)14-34-15-23(31)18-4-2-3-17(9-18)11-28/h2-10,13,23,31H,12,14-15H2,1H3,(H,29,33)/t23-/m1/s1. The number of nitrogens with zero attached hydrogens (tertiary/aromatic N) is 2. The highest BCUT2D eigenvalue weighted by Gasteiger charge is 2.17. The van der Waals surface area contributed by atoms with Crippen molar-refractivity contribution < 1.29 is 14.6 Å². The number of aliphatic hydroxyl groups is 1. The first kappa shape index (κ1) is 24.6. The number of ether oxygens (including phenoxy) is 1. The number of amides is 1. The lowest BCUT2D eigenvalue weighted by atomic mass is 10.1. The Labute approximate surface area is 210 Å². The van der Waals surface area contributed by atoms with Crippen molar-refractivity contribution in [2.45, 2.75) is 19.3 Å². The molecule has 0 unspecified atom stereocenters. The predicted molar refractivity (Wildman–Crippen MR) is 135 cm³/mol. The Morgan fingerprint density at radius 3 is 2.77 bits per heavy atom. The number of fused-ring (bicyclic) bond motifs is 1. The number of benzene rings is 2. The van der Waals surface area contributed by atoms with E-state index in [2.05, 4.69) is 5.32 Å². The summed E-state index contributed by atoms with van der Waals surface area (Å²) in [5, 5.41) is 23.2. The number of pyridine rings is 1. The molecular formula is C26H22ClN3O4S. The van der Waals surface area contributed by atoms with Gasteiger partial charge in [-0.1, -0.05) is 35.9 Å². The van der Waals surface area contributed by atoms with Crippen molar-refractivity contribution in [1.29, 1.82) is 5.26 Å². The Morgan fingerprint density at radius 2 is 2.03 bits per heavy atom. The smallest absolute Gasteiger partial charge is 0.257 e. The number of hydrogen-bond acceptors (Lipinski definition) is 6. The van der Waals surface area contributed by atoms with Crippen LogP contribution in [0.25, 0.3) is 10.2 Å². The number of aromatic nitrogens is 1. The third-order valence-electron chi connectivity index (χ3n) is 5.43. The molecule has 0 saturated heterocycles. The second kappa shape index (κ2) is 10.8. The predicted octanol–water partition coefficient (Wildman–Crippen LogP) is 4.31. The lowest BCUT2D eigenvalue weighted by Crippen LogP contribution is -2.29. The second-order valence-electron chi connectivity index (χ2n) is 7.99. The number of nitriles is 1. The molecule has 0 spiro atoms. The van der Waals surface area contributed by atoms with Crippen molar-refractivity contribution in [3.8, 4) is 6.07 Å². The normalized spacial score (nSPS) is 11.8. The van der Waals surface area contributed by atoms with E-state index in [1.807, 2.05) is 18.2 Å². The fraction of sp³-hybridized carbons (Fsp3) is 0.192. The van der Waals surface area contributed by atoms with Crippen molar-refractivity contribution in [3.05, 3.63) is 103 Å². The summed E-state index contributed by atoms with van der Waals surface area (Å²) in [5.74, 6) is -0.450. The van der Waals surface area contributed by atoms with Crippen LogP contribution in [-0.4, -0.2) is 22.2 Å². The number of aliphatic hydroxyl groups excluding tert-OH is 1. The summed E-state index contributed by atoms with van der Waals surface area (Å²) in [6.07, 6.45) is 0.661. The van der Waals surface area contributed by atoms with Gasteiger partial charge in [-0.05, 0) is 41.5 Å². The van der Waals surface area contributed by atoms with E-state index in [1.165, 1.54) is 17.5 Å². The summed E-state index contributed by atoms with van der Waals surface area (Å²) < 4.78 is 7.42. The Morgan fingerprint density at radius 1 is 1.26 bits per heavy atom. The van der Waals surface area contributed by atoms with E-state index in [0.717, 1.165) is 15.3 Å². The zero-order chi connectivity index (χ0) is 24.9. The van der Waals surface area contributed by atoms with Crippen molar-refractivity contribution in [1.82, 2.24) is 9.88 Å². The van der Waals surface area contributed by atoms with Crippen molar-refractivity contribution in [2.24, 2.45) is 7.05 Å². The molecule has 0 radical (unpaired) electrons. The first-order valence-electron chi connectivity index (χ1n) is 10.8. The third kappa shape index (κ3) is 5.78. The van der Waals surface area contributed by atoms with Gasteiger partial charge in [0, 0.05) is 29.7 Å². The quantitative estimate of drug-likeness (QED) is 0.370. The van der Waals surface area contributed by atoms with Gasteiger partial charge in [0.1, 0.15) is 16.5 Å². The molecule has 0 fully saturated rings. The van der Waals surface area contributed by atoms with Crippen LogP contribution in [0, 0.1) is 11.3 Å². The zero-order valence-corrected chi connectivity index (χ0v) is 20.4. The van der Waals surface area contributed by atoms with Crippen molar-refractivity contribution in [3.63, 3.8) is 0 Å². The molecule has 1 atom stereocenters. The number of rotatable bonds is 8. The van der Waals surface area contributed by atoms with E-state index in [9.17, 15) is 14.7 Å². The second-order valence-corrected chi connectivity index (χ2v) is 9.54. The Bertz CT molecular complexity index is 1470. The largest absolute Gasteiger partial charge is 0.386 e. The number of carbonyl (C=O) groups is 1. The van der Waals surface area contributed by atoms with Gasteiger partial charge in [-0.2, -0.15) is 5.26 Å². The first-order valence-corrected chi connectivity index (χ1v) is 12.0. The van der Waals surface area contributed by atoms with Crippen molar-refractivity contribution >= 4 is 39.1 Å². The van der Waals surface area contributed by atoms with Gasteiger partial charge in [-0.3, -0.25) is 9.59 Å². The minimum atomic E-state index is -0.875. The molecule has 2 aromatic carbocycles. The molecule has 0 aliphatic rings. The van der Waals surface area contributed by atoms with Crippen LogP contribution in [0.2, 0.25) is 5.02 Å². The van der Waals surface area contributed by atoms with Crippen LogP contribution in [0.3, 0.4) is 0 Å². The van der Waals surface area contributed by atoms with Gasteiger partial charge in [0.15, 0.2) is 0 Å². The van der Waals surface area contributed by atoms with Crippen LogP contribution >= 0.6 is 22.9 Å². The molecule has 4 rings (SSSR count). The summed E-state index contributed by atoms with van der Waals surface area (Å²) in [6, 6.07) is 17.6. The summed E-state index contributed by atoms with van der Waals surface area (Å²) >= 11 is 7.28. The van der Waals surface area contributed by atoms with Gasteiger partial charge in [0.25, 0.3) is 5.91 Å². The number of nitrogens with one attached hydrogen (secondary N) is 1. The molecule has 35 heavy (non-hydrogen) atoms. The first-order chi connectivity index (χ1) is 16.9. The molecule has 0 aliphatic heterocycles. The average molecular weight is 508 g/mol. The van der Waals surface area contributed by atoms with E-state index in [1.54, 1.807) is 54.1 Å². The monoisotopic (exact) mass is 507 g/mol. The van der Waals surface area contributed by atoms with Crippen LogP contribution in [-0.2, 0) is 24.9 Å². The summed E-state index contributed by atoms with van der Waals surface area (Å²) in [4.78, 5) is 27.3. The number of thiophene rings is 1. The SMILES string of the molecule is Cn1cc(C(=O)NCc2ccc(Cl)cc2)c(=O)c2cc(COC[C@@H](O)c3cccc(C#N)c3)sc21. The molecule has 178 valence electrons. The Kier molecular flexibility index (Phi) is 7.63. The molecule has 0 bridgehead atoms. The maximum Gasteiger partial charge on any atom is 0.257 e. The topological polar surface area (TPSA) is 104 Å². The highest BCUT2D eigenvalue weighted by atomic mass is 35.5. The molecule has 2 aromatic heterocycles. The van der Waals surface area contributed by atoms with E-state index in [0.29, 0.717) is 21.5 Å². The van der Waals surface area contributed by atoms with Crippen LogP contribution in [0.15, 0.2) is 65.6 Å². The average Bonchev–Trinajstić information content (AvgIpc) is 3.31. The van der Waals surface area contributed by atoms with Gasteiger partial charge < -0.3 is 19.7 Å². The third-order valence-corrected chi connectivity index (χ3v) is 6.88. The van der Waals surface area contributed by atoms with Crippen LogP contribution in [0.4, 0.5) is 0 Å². The summed E-state index contributed by atoms with van der Waals surface area (Å²) in [7, 11) is 1.78. The molecule has 7 nitrogen and oxygen atoms in total. The van der Waals surface area contributed by atoms with Gasteiger partial charge in [-0.15, -0.1) is 11.3 Å². The molecular weight excluding hydrogens is 486 g/mol. The van der Waals surface area contributed by atoms with Crippen LogP contribution < -0.4 is 10.7 Å². The fourth-order valence-corrected chi connectivity index (χ4v) is 4.76. The molecule has 0 saturated carbocycles. The highest BCUT2D eigenvalue weighted by Crippen LogP contribution is 2.25. The summed E-state index contributed by atoms with van der Waals surface area (Å²) in [5.41, 5.74) is 1.66. The number of halogens is 1. The number of hydrogen-bond donors (Lipinski definition) is 2. The molecule has 2 N–H and O–H groups in total. The van der Waals surface area contributed by atoms with E-state index in [-0.39, 0.29) is 30.8 Å². The van der Waals surface area contributed by atoms with Gasteiger partial charge in [0.2, 0.25) is 5.43 Å². The van der Waals surface area contributed by atoms with Gasteiger partial charge in [-0.25, -0.2) is 0 Å². The molecule has 4 aromatic rings. The van der Waals surface area contributed by atoms with E-state index in [4.69, 9.17) is 21.6 Å². The van der Waals surface area contributed by atoms with Gasteiger partial charge >= 0.3 is 0 Å². The van der Waals surface area contributed by atoms with Crippen LogP contribution in [0.5, 0.6) is 0 Å². The lowest BCUT2D eigenvalue weighted by molar-refractivity contribution is 0.0287. The van der Waals surface area contributed by atoms with E-state index >= 15 is 0 Å². The minimum absolute atomic E-state index is 0.0395. The maximum atomic E-state index is 13.0. The van der Waals surface area contributed by atoms with Gasteiger partial charge in [0.05, 0.1) is 30.2 Å². The maximum absolute atomic E-state index is 13.0. The summed E-state index contributed by atoms with van der Waals surface area (Å²) in [6.45, 7) is 0.517.